The quantitative estimate of drug-likeness (QED) is 0.225. The van der Waals surface area contributed by atoms with E-state index >= 15 is 0 Å². The van der Waals surface area contributed by atoms with Gasteiger partial charge in [-0.25, -0.2) is 0 Å². The minimum atomic E-state index is 0.359. The molecule has 1 heterocycles. The summed E-state index contributed by atoms with van der Waals surface area (Å²) in [5, 5.41) is 11.8. The number of thiophene rings is 1. The van der Waals surface area contributed by atoms with Crippen molar-refractivity contribution < 1.29 is 0 Å². The smallest absolute Gasteiger partial charge is 0.195 e. The second-order valence-corrected chi connectivity index (χ2v) is 9.77. The molecule has 0 fully saturated rings. The second-order valence-electron chi connectivity index (χ2n) is 8.72. The third-order valence-corrected chi connectivity index (χ3v) is 7.76. The molecule has 0 N–H and O–H groups in total. The van der Waals surface area contributed by atoms with E-state index in [0.29, 0.717) is 16.9 Å². The van der Waals surface area contributed by atoms with Gasteiger partial charge in [0, 0.05) is 26.8 Å². The molecule has 0 aliphatic carbocycles. The summed E-state index contributed by atoms with van der Waals surface area (Å²) in [4.78, 5) is 9.18. The van der Waals surface area contributed by atoms with E-state index < -0.39 is 0 Å². The molecule has 0 aliphatic rings. The largest absolute Gasteiger partial charge is 0.309 e. The van der Waals surface area contributed by atoms with E-state index in [1.807, 2.05) is 42.5 Å². The predicted molar refractivity (Wildman–Crippen MR) is 157 cm³/mol. The Labute approximate surface area is 224 Å². The van der Waals surface area contributed by atoms with Crippen LogP contribution in [0.1, 0.15) is 5.56 Å². The standard InChI is InChI=1S/C33H18N4S/c1-35-29-19-14-24(20-30(29)36-2)23-12-17-26(18-13-23)37(25-15-10-22(21-34)11-16-25)31-8-5-7-28-27-6-3-4-9-32(27)38-33(28)31/h3-20H. The first-order chi connectivity index (χ1) is 18.7. The molecule has 0 amide bonds. The fraction of sp³-hybridized carbons (Fsp3) is 0. The van der Waals surface area contributed by atoms with Gasteiger partial charge in [0.05, 0.1) is 35.2 Å². The summed E-state index contributed by atoms with van der Waals surface area (Å²) in [6.45, 7) is 14.7. The van der Waals surface area contributed by atoms with E-state index in [1.54, 1.807) is 23.5 Å². The van der Waals surface area contributed by atoms with Crippen molar-refractivity contribution in [2.75, 3.05) is 4.90 Å². The van der Waals surface area contributed by atoms with E-state index in [1.165, 1.54) is 20.2 Å². The molecule has 6 aromatic rings. The van der Waals surface area contributed by atoms with Crippen LogP contribution in [0.4, 0.5) is 28.4 Å². The number of benzene rings is 5. The van der Waals surface area contributed by atoms with Crippen molar-refractivity contribution in [1.29, 1.82) is 5.26 Å². The van der Waals surface area contributed by atoms with E-state index in [9.17, 15) is 5.26 Å². The molecule has 0 saturated carbocycles. The molecule has 38 heavy (non-hydrogen) atoms. The maximum atomic E-state index is 9.34. The van der Waals surface area contributed by atoms with Crippen molar-refractivity contribution >= 4 is 59.9 Å². The summed E-state index contributed by atoms with van der Waals surface area (Å²) >= 11 is 1.77. The van der Waals surface area contributed by atoms with Crippen LogP contribution in [0.3, 0.4) is 0 Å². The highest BCUT2D eigenvalue weighted by atomic mass is 32.1. The van der Waals surface area contributed by atoms with Crippen molar-refractivity contribution in [3.05, 3.63) is 138 Å². The van der Waals surface area contributed by atoms with Crippen molar-refractivity contribution in [1.82, 2.24) is 0 Å². The highest BCUT2D eigenvalue weighted by Gasteiger charge is 2.18. The van der Waals surface area contributed by atoms with Crippen LogP contribution >= 0.6 is 11.3 Å². The van der Waals surface area contributed by atoms with Gasteiger partial charge in [0.25, 0.3) is 0 Å². The molecule has 0 unspecified atom stereocenters. The Morgan fingerprint density at radius 2 is 1.32 bits per heavy atom. The maximum Gasteiger partial charge on any atom is 0.195 e. The second kappa shape index (κ2) is 9.57. The molecule has 0 atom stereocenters. The molecule has 1 aromatic heterocycles. The molecular formula is C33H18N4S. The summed E-state index contributed by atoms with van der Waals surface area (Å²) in [7, 11) is 0. The average molecular weight is 503 g/mol. The lowest BCUT2D eigenvalue weighted by atomic mass is 10.0. The van der Waals surface area contributed by atoms with Crippen LogP contribution in [-0.4, -0.2) is 0 Å². The van der Waals surface area contributed by atoms with Crippen molar-refractivity contribution in [2.24, 2.45) is 0 Å². The lowest BCUT2D eigenvalue weighted by Crippen LogP contribution is -2.10. The predicted octanol–water partition coefficient (Wildman–Crippen LogP) is 10.2. The zero-order valence-corrected chi connectivity index (χ0v) is 20.9. The first kappa shape index (κ1) is 23.0. The Morgan fingerprint density at radius 1 is 0.658 bits per heavy atom. The summed E-state index contributed by atoms with van der Waals surface area (Å²) in [5.74, 6) is 0. The van der Waals surface area contributed by atoms with Gasteiger partial charge in [0.1, 0.15) is 0 Å². The van der Waals surface area contributed by atoms with Crippen LogP contribution in [-0.2, 0) is 0 Å². The number of nitriles is 1. The Morgan fingerprint density at radius 3 is 2.03 bits per heavy atom. The monoisotopic (exact) mass is 502 g/mol. The number of anilines is 3. The summed E-state index contributed by atoms with van der Waals surface area (Å²) < 4.78 is 2.43. The van der Waals surface area contributed by atoms with Gasteiger partial charge in [-0.3, -0.25) is 9.69 Å². The van der Waals surface area contributed by atoms with Gasteiger partial charge >= 0.3 is 0 Å². The van der Waals surface area contributed by atoms with Crippen LogP contribution < -0.4 is 4.90 Å². The van der Waals surface area contributed by atoms with Crippen LogP contribution in [0.2, 0.25) is 0 Å². The highest BCUT2D eigenvalue weighted by Crippen LogP contribution is 2.45. The Hall–Kier alpha value is -5.41. The van der Waals surface area contributed by atoms with Gasteiger partial charge in [-0.05, 0) is 59.7 Å². The minimum absolute atomic E-state index is 0.359. The first-order valence-electron chi connectivity index (χ1n) is 11.9. The van der Waals surface area contributed by atoms with Crippen molar-refractivity contribution in [3.63, 3.8) is 0 Å². The summed E-state index contributed by atoms with van der Waals surface area (Å²) in [6, 6.07) is 38.3. The SMILES string of the molecule is [C-]#[N+]c1ccc(-c2ccc(N(c3ccc(C#N)cc3)c3cccc4c3sc3ccccc34)cc2)cc1[N+]#[C-]. The summed E-state index contributed by atoms with van der Waals surface area (Å²) in [6.07, 6.45) is 0. The molecule has 5 heteroatoms. The van der Waals surface area contributed by atoms with E-state index in [4.69, 9.17) is 13.1 Å². The Bertz CT molecular complexity index is 1950. The molecule has 0 radical (unpaired) electrons. The van der Waals surface area contributed by atoms with Gasteiger partial charge in [-0.1, -0.05) is 60.7 Å². The minimum Gasteiger partial charge on any atom is -0.309 e. The fourth-order valence-corrected chi connectivity index (χ4v) is 5.92. The molecule has 0 saturated heterocycles. The highest BCUT2D eigenvalue weighted by molar-refractivity contribution is 7.26. The topological polar surface area (TPSA) is 35.8 Å². The normalized spacial score (nSPS) is 10.6. The number of nitrogens with zero attached hydrogens (tertiary/aromatic N) is 4. The van der Waals surface area contributed by atoms with Gasteiger partial charge in [0.15, 0.2) is 11.4 Å². The third-order valence-electron chi connectivity index (χ3n) is 6.55. The third kappa shape index (κ3) is 3.93. The van der Waals surface area contributed by atoms with Crippen molar-refractivity contribution in [2.45, 2.75) is 0 Å². The molecular weight excluding hydrogens is 484 g/mol. The van der Waals surface area contributed by atoms with Gasteiger partial charge < -0.3 is 4.90 Å². The summed E-state index contributed by atoms with van der Waals surface area (Å²) in [5.41, 5.74) is 6.20. The molecule has 5 aromatic carbocycles. The maximum absolute atomic E-state index is 9.34. The number of hydrogen-bond acceptors (Lipinski definition) is 3. The van der Waals surface area contributed by atoms with Crippen molar-refractivity contribution in [3.8, 4) is 17.2 Å². The van der Waals surface area contributed by atoms with E-state index in [0.717, 1.165) is 28.2 Å². The van der Waals surface area contributed by atoms with E-state index in [-0.39, 0.29) is 0 Å². The zero-order chi connectivity index (χ0) is 26.1. The van der Waals surface area contributed by atoms with Crippen LogP contribution in [0.5, 0.6) is 0 Å². The molecule has 4 nitrogen and oxygen atoms in total. The molecule has 0 spiro atoms. The van der Waals surface area contributed by atoms with Gasteiger partial charge in [0.2, 0.25) is 0 Å². The average Bonchev–Trinajstić information content (AvgIpc) is 3.37. The number of hydrogen-bond donors (Lipinski definition) is 0. The van der Waals surface area contributed by atoms with Gasteiger partial charge in [-0.2, -0.15) is 5.26 Å². The molecule has 0 bridgehead atoms. The van der Waals surface area contributed by atoms with Gasteiger partial charge in [-0.15, -0.1) is 11.3 Å². The lowest BCUT2D eigenvalue weighted by molar-refractivity contribution is 1.30. The Kier molecular flexibility index (Phi) is 5.79. The molecule has 0 aliphatic heterocycles. The number of fused-ring (bicyclic) bond motifs is 3. The zero-order valence-electron chi connectivity index (χ0n) is 20.1. The van der Waals surface area contributed by atoms with E-state index in [2.05, 4.69) is 75.3 Å². The number of rotatable bonds is 4. The molecule has 6 rings (SSSR count). The van der Waals surface area contributed by atoms with Crippen LogP contribution in [0.25, 0.3) is 41.0 Å². The molecule has 176 valence electrons. The van der Waals surface area contributed by atoms with Crippen LogP contribution in [0.15, 0.2) is 109 Å². The van der Waals surface area contributed by atoms with Crippen LogP contribution in [0, 0.1) is 24.5 Å². The first-order valence-corrected chi connectivity index (χ1v) is 12.7. The Balaban J connectivity index is 1.50. The fourth-order valence-electron chi connectivity index (χ4n) is 4.71. The lowest BCUT2D eigenvalue weighted by Gasteiger charge is -2.26.